The molecule has 1 aromatic heterocycles. The Morgan fingerprint density at radius 2 is 1.94 bits per heavy atom. The number of hydrogen-bond donors (Lipinski definition) is 1. The highest BCUT2D eigenvalue weighted by atomic mass is 15.3. The van der Waals surface area contributed by atoms with Crippen molar-refractivity contribution in [2.45, 2.75) is 70.4 Å². The van der Waals surface area contributed by atoms with Crippen LogP contribution in [0.2, 0.25) is 0 Å². The molecule has 2 aliphatic carbocycles. The smallest absolute Gasteiger partial charge is 0.0706 e. The third kappa shape index (κ3) is 1.81. The molecule has 1 fully saturated rings. The highest BCUT2D eigenvalue weighted by Crippen LogP contribution is 2.45. The Labute approximate surface area is 103 Å². The van der Waals surface area contributed by atoms with Crippen LogP contribution in [0.5, 0.6) is 0 Å². The van der Waals surface area contributed by atoms with Crippen molar-refractivity contribution in [2.24, 2.45) is 5.73 Å². The Morgan fingerprint density at radius 1 is 1.24 bits per heavy atom. The summed E-state index contributed by atoms with van der Waals surface area (Å²) in [5, 5.41) is 4.91. The van der Waals surface area contributed by atoms with E-state index in [1.54, 1.807) is 0 Å². The maximum atomic E-state index is 6.32. The van der Waals surface area contributed by atoms with Crippen molar-refractivity contribution in [1.82, 2.24) is 9.78 Å². The average molecular weight is 233 g/mol. The summed E-state index contributed by atoms with van der Waals surface area (Å²) in [5.41, 5.74) is 10.5. The van der Waals surface area contributed by atoms with E-state index in [9.17, 15) is 0 Å². The summed E-state index contributed by atoms with van der Waals surface area (Å²) in [6.07, 6.45) is 6.10. The number of aromatic nitrogens is 2. The van der Waals surface area contributed by atoms with Gasteiger partial charge in [-0.1, -0.05) is 0 Å². The normalized spacial score (nSPS) is 24.8. The van der Waals surface area contributed by atoms with Gasteiger partial charge in [0.05, 0.1) is 11.2 Å². The monoisotopic (exact) mass is 233 g/mol. The molecule has 1 unspecified atom stereocenters. The molecule has 0 spiro atoms. The maximum absolute atomic E-state index is 6.32. The Hall–Kier alpha value is -0.830. The summed E-state index contributed by atoms with van der Waals surface area (Å²) in [7, 11) is 0. The van der Waals surface area contributed by atoms with Crippen molar-refractivity contribution < 1.29 is 0 Å². The highest BCUT2D eigenvalue weighted by Gasteiger charge is 2.36. The van der Waals surface area contributed by atoms with E-state index in [0.29, 0.717) is 5.92 Å². The zero-order chi connectivity index (χ0) is 12.2. The molecule has 0 radical (unpaired) electrons. The second kappa shape index (κ2) is 3.58. The lowest BCUT2D eigenvalue weighted by Gasteiger charge is -2.26. The molecular weight excluding hydrogens is 210 g/mol. The third-order valence-corrected chi connectivity index (χ3v) is 3.95. The van der Waals surface area contributed by atoms with Gasteiger partial charge < -0.3 is 5.73 Å². The number of fused-ring (bicyclic) bond motifs is 1. The van der Waals surface area contributed by atoms with Gasteiger partial charge >= 0.3 is 0 Å². The van der Waals surface area contributed by atoms with E-state index in [1.165, 1.54) is 36.2 Å². The van der Waals surface area contributed by atoms with Crippen LogP contribution >= 0.6 is 0 Å². The van der Waals surface area contributed by atoms with Crippen molar-refractivity contribution >= 4 is 0 Å². The second-order valence-electron chi connectivity index (χ2n) is 6.60. The summed E-state index contributed by atoms with van der Waals surface area (Å²) in [4.78, 5) is 0. The van der Waals surface area contributed by atoms with Crippen molar-refractivity contribution in [3.63, 3.8) is 0 Å². The largest absolute Gasteiger partial charge is 0.324 e. The zero-order valence-electron chi connectivity index (χ0n) is 11.2. The minimum Gasteiger partial charge on any atom is -0.324 e. The molecule has 0 amide bonds. The highest BCUT2D eigenvalue weighted by molar-refractivity contribution is 5.36. The molecular formula is C14H23N3. The van der Waals surface area contributed by atoms with E-state index < -0.39 is 0 Å². The van der Waals surface area contributed by atoms with Gasteiger partial charge in [-0.3, -0.25) is 4.68 Å². The van der Waals surface area contributed by atoms with E-state index in [-0.39, 0.29) is 11.6 Å². The molecule has 0 aliphatic heterocycles. The van der Waals surface area contributed by atoms with E-state index in [4.69, 9.17) is 10.8 Å². The van der Waals surface area contributed by atoms with Crippen molar-refractivity contribution in [3.8, 4) is 0 Å². The van der Waals surface area contributed by atoms with Gasteiger partial charge in [-0.25, -0.2) is 0 Å². The van der Waals surface area contributed by atoms with E-state index in [0.717, 1.165) is 12.8 Å². The topological polar surface area (TPSA) is 43.8 Å². The fourth-order valence-corrected chi connectivity index (χ4v) is 2.98. The summed E-state index contributed by atoms with van der Waals surface area (Å²) in [6, 6.07) is 0.227. The first-order valence-corrected chi connectivity index (χ1v) is 6.86. The van der Waals surface area contributed by atoms with Crippen molar-refractivity contribution in [2.75, 3.05) is 0 Å². The summed E-state index contributed by atoms with van der Waals surface area (Å²) < 4.78 is 2.25. The Balaban J connectivity index is 2.15. The van der Waals surface area contributed by atoms with Gasteiger partial charge in [-0.15, -0.1) is 0 Å². The molecule has 0 bridgehead atoms. The average Bonchev–Trinajstić information content (AvgIpc) is 2.98. The Kier molecular flexibility index (Phi) is 2.37. The number of hydrogen-bond acceptors (Lipinski definition) is 2. The molecule has 0 saturated heterocycles. The van der Waals surface area contributed by atoms with E-state index in [1.807, 2.05) is 0 Å². The third-order valence-electron chi connectivity index (χ3n) is 3.95. The molecule has 1 aromatic rings. The number of nitrogens with two attached hydrogens (primary N) is 1. The first-order valence-electron chi connectivity index (χ1n) is 6.86. The zero-order valence-corrected chi connectivity index (χ0v) is 11.2. The fourth-order valence-electron chi connectivity index (χ4n) is 2.98. The van der Waals surface area contributed by atoms with Gasteiger partial charge in [0.1, 0.15) is 0 Å². The van der Waals surface area contributed by atoms with Gasteiger partial charge in [-0.05, 0) is 52.9 Å². The molecule has 94 valence electrons. The van der Waals surface area contributed by atoms with Crippen LogP contribution in [0.3, 0.4) is 0 Å². The van der Waals surface area contributed by atoms with E-state index in [2.05, 4.69) is 25.5 Å². The number of rotatable bonds is 1. The predicted octanol–water partition coefficient (Wildman–Crippen LogP) is 2.85. The lowest BCUT2D eigenvalue weighted by atomic mass is 9.90. The van der Waals surface area contributed by atoms with Crippen LogP contribution in [0, 0.1) is 0 Å². The molecule has 3 rings (SSSR count). The molecule has 2 aliphatic rings. The van der Waals surface area contributed by atoms with Crippen LogP contribution in [-0.4, -0.2) is 9.78 Å². The first-order chi connectivity index (χ1) is 7.98. The lowest BCUT2D eigenvalue weighted by Crippen LogP contribution is -2.27. The molecule has 3 nitrogen and oxygen atoms in total. The molecule has 1 saturated carbocycles. The van der Waals surface area contributed by atoms with Crippen LogP contribution in [0.4, 0.5) is 0 Å². The maximum Gasteiger partial charge on any atom is 0.0706 e. The summed E-state index contributed by atoms with van der Waals surface area (Å²) in [6.45, 7) is 6.70. The SMILES string of the molecule is CC(C)(C)n1nc(C2CC2)c2c1CCCC2N. The standard InChI is InChI=1S/C14H23N3/c1-14(2,3)17-11-6-4-5-10(15)12(11)13(16-17)9-7-8-9/h9-10H,4-8,15H2,1-3H3. The van der Waals surface area contributed by atoms with Crippen LogP contribution in [0.1, 0.15) is 75.4 Å². The summed E-state index contributed by atoms with van der Waals surface area (Å²) >= 11 is 0. The predicted molar refractivity (Wildman–Crippen MR) is 69.1 cm³/mol. The molecule has 0 aromatic carbocycles. The van der Waals surface area contributed by atoms with Crippen LogP contribution in [0.15, 0.2) is 0 Å². The minimum absolute atomic E-state index is 0.0777. The minimum atomic E-state index is 0.0777. The molecule has 17 heavy (non-hydrogen) atoms. The Morgan fingerprint density at radius 3 is 2.53 bits per heavy atom. The first kappa shape index (κ1) is 11.3. The van der Waals surface area contributed by atoms with E-state index >= 15 is 0 Å². The van der Waals surface area contributed by atoms with Gasteiger partial charge in [0.15, 0.2) is 0 Å². The molecule has 1 heterocycles. The summed E-state index contributed by atoms with van der Waals surface area (Å²) in [5.74, 6) is 0.705. The lowest BCUT2D eigenvalue weighted by molar-refractivity contribution is 0.336. The van der Waals surface area contributed by atoms with Crippen molar-refractivity contribution in [1.29, 1.82) is 0 Å². The molecule has 1 atom stereocenters. The molecule has 3 heteroatoms. The fraction of sp³-hybridized carbons (Fsp3) is 0.786. The van der Waals surface area contributed by atoms with Gasteiger partial charge in [-0.2, -0.15) is 5.10 Å². The Bertz CT molecular complexity index is 435. The van der Waals surface area contributed by atoms with Gasteiger partial charge in [0.25, 0.3) is 0 Å². The van der Waals surface area contributed by atoms with Gasteiger partial charge in [0.2, 0.25) is 0 Å². The quantitative estimate of drug-likeness (QED) is 0.810. The van der Waals surface area contributed by atoms with Gasteiger partial charge in [0, 0.05) is 23.2 Å². The van der Waals surface area contributed by atoms with Crippen LogP contribution < -0.4 is 5.73 Å². The van der Waals surface area contributed by atoms with Crippen LogP contribution in [0.25, 0.3) is 0 Å². The molecule has 2 N–H and O–H groups in total. The van der Waals surface area contributed by atoms with Crippen molar-refractivity contribution in [3.05, 3.63) is 17.0 Å². The number of nitrogens with zero attached hydrogens (tertiary/aromatic N) is 2. The second-order valence-corrected chi connectivity index (χ2v) is 6.60. The van der Waals surface area contributed by atoms with Crippen LogP contribution in [-0.2, 0) is 12.0 Å².